The van der Waals surface area contributed by atoms with Gasteiger partial charge in [-0.25, -0.2) is 4.39 Å². The van der Waals surface area contributed by atoms with Gasteiger partial charge in [0.05, 0.1) is 5.56 Å². The first-order valence-corrected chi connectivity index (χ1v) is 5.65. The quantitative estimate of drug-likeness (QED) is 0.696. The molecule has 0 atom stereocenters. The predicted molar refractivity (Wildman–Crippen MR) is 62.3 cm³/mol. The van der Waals surface area contributed by atoms with Crippen molar-refractivity contribution in [1.29, 1.82) is 0 Å². The summed E-state index contributed by atoms with van der Waals surface area (Å²) in [5, 5.41) is 0. The summed E-state index contributed by atoms with van der Waals surface area (Å²) in [7, 11) is 0. The Hall–Kier alpha value is -1.43. The van der Waals surface area contributed by atoms with Crippen molar-refractivity contribution >= 4 is 15.9 Å². The summed E-state index contributed by atoms with van der Waals surface area (Å²) in [6.45, 7) is 0. The van der Waals surface area contributed by atoms with Gasteiger partial charge in [-0.15, -0.1) is 0 Å². The summed E-state index contributed by atoms with van der Waals surface area (Å²) in [5.41, 5.74) is -0.388. The zero-order valence-electron chi connectivity index (χ0n) is 8.80. The van der Waals surface area contributed by atoms with Crippen molar-refractivity contribution < 1.29 is 17.6 Å². The highest BCUT2D eigenvalue weighted by Gasteiger charge is 2.33. The number of rotatable bonds is 1. The average molecular weight is 320 g/mol. The van der Waals surface area contributed by atoms with Gasteiger partial charge in [-0.2, -0.15) is 13.2 Å². The molecule has 6 heteroatoms. The van der Waals surface area contributed by atoms with Crippen LogP contribution < -0.4 is 0 Å². The number of nitrogens with zero attached hydrogens (tertiary/aromatic N) is 1. The van der Waals surface area contributed by atoms with Crippen molar-refractivity contribution in [3.63, 3.8) is 0 Å². The summed E-state index contributed by atoms with van der Waals surface area (Å²) in [5.74, 6) is -1.29. The predicted octanol–water partition coefficient (Wildman–Crippen LogP) is 4.67. The van der Waals surface area contributed by atoms with E-state index in [1.54, 1.807) is 6.07 Å². The second kappa shape index (κ2) is 4.68. The molecule has 0 radical (unpaired) electrons. The molecule has 1 aromatic carbocycles. The molecule has 2 rings (SSSR count). The molecule has 0 spiro atoms. The molecule has 0 fully saturated rings. The maximum atomic E-state index is 13.4. The molecule has 0 aliphatic heterocycles. The van der Waals surface area contributed by atoms with Gasteiger partial charge in [0.15, 0.2) is 0 Å². The van der Waals surface area contributed by atoms with E-state index < -0.39 is 17.6 Å². The first-order valence-electron chi connectivity index (χ1n) is 4.85. The molecule has 1 nitrogen and oxygen atoms in total. The molecule has 2 aromatic rings. The summed E-state index contributed by atoms with van der Waals surface area (Å²) < 4.78 is 51.2. The van der Waals surface area contributed by atoms with Crippen LogP contribution in [-0.4, -0.2) is 4.98 Å². The maximum Gasteiger partial charge on any atom is 0.419 e. The first-order chi connectivity index (χ1) is 8.38. The van der Waals surface area contributed by atoms with E-state index in [9.17, 15) is 17.6 Å². The molecule has 0 N–H and O–H groups in total. The molecule has 94 valence electrons. The Bertz CT molecular complexity index is 581. The van der Waals surface area contributed by atoms with Crippen molar-refractivity contribution in [2.24, 2.45) is 0 Å². The van der Waals surface area contributed by atoms with E-state index in [2.05, 4.69) is 20.9 Å². The van der Waals surface area contributed by atoms with E-state index in [4.69, 9.17) is 0 Å². The van der Waals surface area contributed by atoms with E-state index in [1.807, 2.05) is 0 Å². The largest absolute Gasteiger partial charge is 0.419 e. The highest BCUT2D eigenvalue weighted by molar-refractivity contribution is 9.10. The van der Waals surface area contributed by atoms with E-state index in [0.29, 0.717) is 15.6 Å². The molecule has 0 aliphatic rings. The van der Waals surface area contributed by atoms with Crippen LogP contribution >= 0.6 is 15.9 Å². The normalized spacial score (nSPS) is 11.6. The second-order valence-electron chi connectivity index (χ2n) is 3.58. The van der Waals surface area contributed by atoms with E-state index in [-0.39, 0.29) is 0 Å². The van der Waals surface area contributed by atoms with E-state index in [0.717, 1.165) is 12.1 Å². The summed E-state index contributed by atoms with van der Waals surface area (Å²) in [6.07, 6.45) is -1.70. The third kappa shape index (κ3) is 2.69. The van der Waals surface area contributed by atoms with Gasteiger partial charge >= 0.3 is 6.18 Å². The zero-order valence-corrected chi connectivity index (χ0v) is 10.4. The van der Waals surface area contributed by atoms with Crippen LogP contribution in [0.3, 0.4) is 0 Å². The Kier molecular flexibility index (Phi) is 3.38. The minimum absolute atomic E-state index is 0.342. The minimum Gasteiger partial charge on any atom is -0.263 e. The Labute approximate surface area is 109 Å². The van der Waals surface area contributed by atoms with Gasteiger partial charge < -0.3 is 0 Å². The molecular weight excluding hydrogens is 314 g/mol. The number of pyridine rings is 1. The number of halogens is 5. The number of benzene rings is 1. The highest BCUT2D eigenvalue weighted by Crippen LogP contribution is 2.33. The molecule has 0 amide bonds. The minimum atomic E-state index is -4.68. The van der Waals surface area contributed by atoms with Crippen LogP contribution in [0, 0.1) is 5.82 Å². The van der Waals surface area contributed by atoms with Crippen molar-refractivity contribution in [2.75, 3.05) is 0 Å². The Morgan fingerprint density at radius 2 is 1.72 bits per heavy atom. The van der Waals surface area contributed by atoms with E-state index >= 15 is 0 Å². The molecule has 0 saturated heterocycles. The summed E-state index contributed by atoms with van der Waals surface area (Å²) >= 11 is 3.19. The lowest BCUT2D eigenvalue weighted by Gasteiger charge is -2.09. The van der Waals surface area contributed by atoms with Crippen molar-refractivity contribution in [3.05, 3.63) is 52.5 Å². The smallest absolute Gasteiger partial charge is 0.263 e. The maximum absolute atomic E-state index is 13.4. The van der Waals surface area contributed by atoms with Crippen LogP contribution in [0.4, 0.5) is 17.6 Å². The van der Waals surface area contributed by atoms with Crippen molar-refractivity contribution in [3.8, 4) is 11.1 Å². The number of hydrogen-bond donors (Lipinski definition) is 0. The lowest BCUT2D eigenvalue weighted by Crippen LogP contribution is -2.07. The molecule has 0 unspecified atom stereocenters. The number of alkyl halides is 3. The van der Waals surface area contributed by atoms with Gasteiger partial charge in [-0.05, 0) is 39.7 Å². The fraction of sp³-hybridized carbons (Fsp3) is 0.0833. The number of hydrogen-bond acceptors (Lipinski definition) is 1. The lowest BCUT2D eigenvalue weighted by molar-refractivity contribution is -0.139. The van der Waals surface area contributed by atoms with Crippen LogP contribution in [0.25, 0.3) is 11.1 Å². The van der Waals surface area contributed by atoms with Gasteiger partial charge in [0.1, 0.15) is 5.82 Å². The highest BCUT2D eigenvalue weighted by atomic mass is 79.9. The number of aromatic nitrogens is 1. The average Bonchev–Trinajstić information content (AvgIpc) is 2.27. The SMILES string of the molecule is Fc1cc(-c2cncc(Br)c2)ccc1C(F)(F)F. The zero-order chi connectivity index (χ0) is 13.3. The molecule has 1 aromatic heterocycles. The fourth-order valence-corrected chi connectivity index (χ4v) is 1.86. The van der Waals surface area contributed by atoms with Gasteiger partial charge in [0, 0.05) is 22.4 Å². The Morgan fingerprint density at radius 3 is 2.28 bits per heavy atom. The van der Waals surface area contributed by atoms with Gasteiger partial charge in [0.2, 0.25) is 0 Å². The Balaban J connectivity index is 2.47. The summed E-state index contributed by atoms with van der Waals surface area (Å²) in [6, 6.07) is 4.45. The summed E-state index contributed by atoms with van der Waals surface area (Å²) in [4.78, 5) is 3.87. The van der Waals surface area contributed by atoms with Crippen LogP contribution in [-0.2, 0) is 6.18 Å². The molecule has 0 aliphatic carbocycles. The van der Waals surface area contributed by atoms with E-state index in [1.165, 1.54) is 18.5 Å². The molecule has 0 bridgehead atoms. The fourth-order valence-electron chi connectivity index (χ4n) is 1.49. The van der Waals surface area contributed by atoms with Crippen LogP contribution in [0.1, 0.15) is 5.56 Å². The molecule has 0 saturated carbocycles. The Morgan fingerprint density at radius 1 is 1.00 bits per heavy atom. The standard InChI is InChI=1S/C12H6BrF4N/c13-9-3-8(5-18-6-9)7-1-2-10(11(14)4-7)12(15,16)17/h1-6H. The van der Waals surface area contributed by atoms with Gasteiger partial charge in [0.25, 0.3) is 0 Å². The van der Waals surface area contributed by atoms with Crippen LogP contribution in [0.15, 0.2) is 41.1 Å². The first kappa shape index (κ1) is 13.0. The monoisotopic (exact) mass is 319 g/mol. The third-order valence-corrected chi connectivity index (χ3v) is 2.75. The van der Waals surface area contributed by atoms with Gasteiger partial charge in [-0.3, -0.25) is 4.98 Å². The lowest BCUT2D eigenvalue weighted by atomic mass is 10.0. The van der Waals surface area contributed by atoms with Gasteiger partial charge in [-0.1, -0.05) is 6.07 Å². The molecule has 1 heterocycles. The third-order valence-electron chi connectivity index (χ3n) is 2.31. The van der Waals surface area contributed by atoms with Crippen LogP contribution in [0.5, 0.6) is 0 Å². The molecular formula is C12H6BrF4N. The van der Waals surface area contributed by atoms with Crippen molar-refractivity contribution in [2.45, 2.75) is 6.18 Å². The molecule has 18 heavy (non-hydrogen) atoms. The van der Waals surface area contributed by atoms with Crippen LogP contribution in [0.2, 0.25) is 0 Å². The topological polar surface area (TPSA) is 12.9 Å². The van der Waals surface area contributed by atoms with Crippen molar-refractivity contribution in [1.82, 2.24) is 4.98 Å². The second-order valence-corrected chi connectivity index (χ2v) is 4.50.